The SMILES string of the molecule is C[C@@H]1CC[C@@]2(OC1)O[C@H]1C[C@H]3[C@@H]4CC[C@H]5C[C@@H](O[C@@H]6O[C@H](CO)[C@H](O[C@@H]7O[C@H](CO)[C@@H](O)[C@H](O)[C@H]7O)[C@H](O)[C@H]6O[C@@H]6O[C@@H](C)[C@H](O)[C@@H](O)[C@H]6O)CC[C@]5(C)[C@H]4CC[C@]3(C)[C@H]1[C@@H]2C. The van der Waals surface area contributed by atoms with Gasteiger partial charge in [-0.15, -0.1) is 0 Å². The number of aliphatic hydroxyl groups is 9. The maximum absolute atomic E-state index is 12.0. The van der Waals surface area contributed by atoms with Gasteiger partial charge in [-0.1, -0.05) is 27.7 Å². The summed E-state index contributed by atoms with van der Waals surface area (Å²) in [5.74, 6) is 3.18. The molecule has 0 bridgehead atoms. The fraction of sp³-hybridized carbons (Fsp3) is 1.00. The van der Waals surface area contributed by atoms with Crippen molar-refractivity contribution in [3.63, 3.8) is 0 Å². The fourth-order valence-electron chi connectivity index (χ4n) is 14.6. The first kappa shape index (κ1) is 46.4. The van der Waals surface area contributed by atoms with Crippen LogP contribution < -0.4 is 0 Å². The second-order valence-corrected chi connectivity index (χ2v) is 21.5. The summed E-state index contributed by atoms with van der Waals surface area (Å²) in [5, 5.41) is 95.8. The maximum atomic E-state index is 12.0. The first-order chi connectivity index (χ1) is 29.4. The largest absolute Gasteiger partial charge is 0.394 e. The molecule has 5 saturated heterocycles. The molecule has 0 aromatic carbocycles. The van der Waals surface area contributed by atoms with Crippen molar-refractivity contribution in [3.8, 4) is 0 Å². The van der Waals surface area contributed by atoms with E-state index in [4.69, 9.17) is 37.9 Å². The third-order valence-electron chi connectivity index (χ3n) is 18.2. The Bertz CT molecular complexity index is 1550. The molecule has 356 valence electrons. The lowest BCUT2D eigenvalue weighted by Crippen LogP contribution is -2.67. The lowest BCUT2D eigenvalue weighted by atomic mass is 9.44. The summed E-state index contributed by atoms with van der Waals surface area (Å²) in [5.41, 5.74) is 0.320. The van der Waals surface area contributed by atoms with Crippen LogP contribution in [-0.4, -0.2) is 176 Å². The highest BCUT2D eigenvalue weighted by molar-refractivity contribution is 5.15. The highest BCUT2D eigenvalue weighted by Crippen LogP contribution is 2.71. The zero-order valence-electron chi connectivity index (χ0n) is 36.8. The van der Waals surface area contributed by atoms with Gasteiger partial charge in [0, 0.05) is 12.3 Å². The van der Waals surface area contributed by atoms with Crippen molar-refractivity contribution in [2.24, 2.45) is 52.3 Å². The molecular weight excluding hydrogens is 812 g/mol. The monoisotopic (exact) mass is 886 g/mol. The molecule has 17 heteroatoms. The minimum atomic E-state index is -1.81. The second kappa shape index (κ2) is 17.4. The number of hydrogen-bond acceptors (Lipinski definition) is 17. The van der Waals surface area contributed by atoms with Crippen LogP contribution in [0.4, 0.5) is 0 Å². The summed E-state index contributed by atoms with van der Waals surface area (Å²) >= 11 is 0. The molecule has 5 aliphatic heterocycles. The molecule has 62 heavy (non-hydrogen) atoms. The van der Waals surface area contributed by atoms with Crippen LogP contribution in [0.25, 0.3) is 0 Å². The van der Waals surface area contributed by atoms with Crippen molar-refractivity contribution in [2.75, 3.05) is 19.8 Å². The fourth-order valence-corrected chi connectivity index (χ4v) is 14.6. The van der Waals surface area contributed by atoms with Gasteiger partial charge in [0.05, 0.1) is 38.1 Å². The molecule has 0 aromatic heterocycles. The van der Waals surface area contributed by atoms with E-state index in [9.17, 15) is 46.0 Å². The minimum absolute atomic E-state index is 0.103. The van der Waals surface area contributed by atoms with E-state index >= 15 is 0 Å². The number of aliphatic hydroxyl groups excluding tert-OH is 9. The lowest BCUT2D eigenvalue weighted by Gasteiger charge is -2.61. The molecule has 27 atom stereocenters. The van der Waals surface area contributed by atoms with Gasteiger partial charge >= 0.3 is 0 Å². The van der Waals surface area contributed by atoms with Crippen molar-refractivity contribution < 1.29 is 83.9 Å². The van der Waals surface area contributed by atoms with Crippen LogP contribution in [0.5, 0.6) is 0 Å². The third kappa shape index (κ3) is 7.56. The minimum Gasteiger partial charge on any atom is -0.394 e. The van der Waals surface area contributed by atoms with Crippen LogP contribution in [0, 0.1) is 52.3 Å². The van der Waals surface area contributed by atoms with Crippen LogP contribution in [0.3, 0.4) is 0 Å². The van der Waals surface area contributed by atoms with Crippen LogP contribution >= 0.6 is 0 Å². The van der Waals surface area contributed by atoms with E-state index in [0.29, 0.717) is 47.8 Å². The number of ether oxygens (including phenoxy) is 8. The van der Waals surface area contributed by atoms with Crippen LogP contribution in [0.2, 0.25) is 0 Å². The van der Waals surface area contributed by atoms with Crippen molar-refractivity contribution in [2.45, 2.75) is 209 Å². The Morgan fingerprint density at radius 2 is 1.24 bits per heavy atom. The van der Waals surface area contributed by atoms with E-state index in [0.717, 1.165) is 51.6 Å². The molecule has 0 radical (unpaired) electrons. The van der Waals surface area contributed by atoms with E-state index in [-0.39, 0.29) is 23.0 Å². The zero-order valence-corrected chi connectivity index (χ0v) is 36.8. The molecule has 0 unspecified atom stereocenters. The van der Waals surface area contributed by atoms with E-state index in [1.807, 2.05) is 0 Å². The summed E-state index contributed by atoms with van der Waals surface area (Å²) < 4.78 is 50.0. The summed E-state index contributed by atoms with van der Waals surface area (Å²) in [7, 11) is 0. The van der Waals surface area contributed by atoms with Crippen molar-refractivity contribution in [1.29, 1.82) is 0 Å². The Labute approximate surface area is 364 Å². The van der Waals surface area contributed by atoms with E-state index in [2.05, 4.69) is 27.7 Å². The van der Waals surface area contributed by atoms with Crippen molar-refractivity contribution in [3.05, 3.63) is 0 Å². The van der Waals surface area contributed by atoms with E-state index < -0.39 is 111 Å². The smallest absolute Gasteiger partial charge is 0.187 e. The first-order valence-electron chi connectivity index (χ1n) is 23.7. The number of hydrogen-bond donors (Lipinski definition) is 9. The average Bonchev–Trinajstić information content (AvgIpc) is 3.70. The Hall–Kier alpha value is -0.680. The van der Waals surface area contributed by atoms with Gasteiger partial charge in [0.15, 0.2) is 24.7 Å². The van der Waals surface area contributed by atoms with Gasteiger partial charge in [0.1, 0.15) is 67.1 Å². The van der Waals surface area contributed by atoms with E-state index in [1.54, 1.807) is 0 Å². The first-order valence-corrected chi connectivity index (χ1v) is 23.7. The van der Waals surface area contributed by atoms with Gasteiger partial charge in [-0.25, -0.2) is 0 Å². The van der Waals surface area contributed by atoms with Gasteiger partial charge in [-0.2, -0.15) is 0 Å². The van der Waals surface area contributed by atoms with Gasteiger partial charge in [0.25, 0.3) is 0 Å². The Morgan fingerprint density at radius 1 is 0.581 bits per heavy atom. The Balaban J connectivity index is 0.899. The highest BCUT2D eigenvalue weighted by atomic mass is 16.8. The molecular formula is C45H74O17. The molecule has 9 aliphatic rings. The summed E-state index contributed by atoms with van der Waals surface area (Å²) in [6, 6.07) is 0. The molecule has 4 aliphatic carbocycles. The van der Waals surface area contributed by atoms with Gasteiger partial charge in [0.2, 0.25) is 0 Å². The number of rotatable bonds is 8. The third-order valence-corrected chi connectivity index (χ3v) is 18.2. The molecule has 9 fully saturated rings. The average molecular weight is 887 g/mol. The highest BCUT2D eigenvalue weighted by Gasteiger charge is 2.69. The van der Waals surface area contributed by atoms with Crippen molar-refractivity contribution >= 4 is 0 Å². The molecule has 0 aromatic rings. The van der Waals surface area contributed by atoms with E-state index in [1.165, 1.54) is 19.8 Å². The van der Waals surface area contributed by atoms with Crippen LogP contribution in [0.15, 0.2) is 0 Å². The summed E-state index contributed by atoms with van der Waals surface area (Å²) in [6.07, 6.45) is -12.6. The normalized spacial score (nSPS) is 58.9. The molecule has 1 spiro atoms. The standard InChI is InChI=1S/C45H74O17/c1-19-8-13-45(55-18-19)20(2)30-27(62-45)15-26-24-7-6-22-14-23(9-11-43(22,4)25(24)10-12-44(26,30)5)57-42-39(61-40-35(52)33(50)31(48)21(3)56-40)37(54)38(29(17-47)59-42)60-41-36(53)34(51)32(49)28(16-46)58-41/h19-42,46-54H,6-18H2,1-5H3/t19-,20+,21+,22+,23+,24-,25+,26+,27+,28-,29-,30+,31+,32-,33-,34+,35-,36-,37+,38+,39-,40+,41+,42-,43+,44+,45-/m1/s1. The van der Waals surface area contributed by atoms with Crippen LogP contribution in [-0.2, 0) is 37.9 Å². The van der Waals surface area contributed by atoms with Gasteiger partial charge in [-0.05, 0) is 111 Å². The zero-order chi connectivity index (χ0) is 44.2. The molecule has 9 rings (SSSR count). The van der Waals surface area contributed by atoms with Crippen molar-refractivity contribution in [1.82, 2.24) is 0 Å². The summed E-state index contributed by atoms with van der Waals surface area (Å²) in [4.78, 5) is 0. The lowest BCUT2D eigenvalue weighted by molar-refractivity contribution is -0.390. The molecule has 5 heterocycles. The Kier molecular flexibility index (Phi) is 13.1. The predicted octanol–water partition coefficient (Wildman–Crippen LogP) is 0.294. The quantitative estimate of drug-likeness (QED) is 0.149. The van der Waals surface area contributed by atoms with Crippen LogP contribution in [0.1, 0.15) is 98.8 Å². The molecule has 9 N–H and O–H groups in total. The topological polar surface area (TPSA) is 256 Å². The second-order valence-electron chi connectivity index (χ2n) is 21.5. The predicted molar refractivity (Wildman–Crippen MR) is 214 cm³/mol. The molecule has 0 amide bonds. The van der Waals surface area contributed by atoms with Gasteiger partial charge < -0.3 is 83.9 Å². The molecule has 4 saturated carbocycles. The summed E-state index contributed by atoms with van der Waals surface area (Å²) in [6.45, 7) is 10.6. The Morgan fingerprint density at radius 3 is 1.94 bits per heavy atom. The number of fused-ring (bicyclic) bond motifs is 7. The molecule has 17 nitrogen and oxygen atoms in total. The maximum Gasteiger partial charge on any atom is 0.187 e. The van der Waals surface area contributed by atoms with Gasteiger partial charge in [-0.3, -0.25) is 0 Å².